The van der Waals surface area contributed by atoms with Gasteiger partial charge in [0.25, 0.3) is 5.91 Å². The van der Waals surface area contributed by atoms with E-state index in [1.54, 1.807) is 19.2 Å². The second-order valence-electron chi connectivity index (χ2n) is 6.23. The molecule has 1 heterocycles. The Balaban J connectivity index is 2.18. The Kier molecular flexibility index (Phi) is 5.72. The molecule has 5 nitrogen and oxygen atoms in total. The molecule has 0 saturated carbocycles. The highest BCUT2D eigenvalue weighted by Crippen LogP contribution is 2.23. The number of nitrogens with zero attached hydrogens (tertiary/aromatic N) is 1. The van der Waals surface area contributed by atoms with Crippen molar-refractivity contribution in [2.45, 2.75) is 45.8 Å². The van der Waals surface area contributed by atoms with Gasteiger partial charge in [-0.1, -0.05) is 26.0 Å². The van der Waals surface area contributed by atoms with Gasteiger partial charge in [0.2, 0.25) is 0 Å². The van der Waals surface area contributed by atoms with Crippen molar-refractivity contribution in [3.63, 3.8) is 0 Å². The van der Waals surface area contributed by atoms with Gasteiger partial charge in [-0.25, -0.2) is 4.39 Å². The number of H-pyrrole nitrogens is 1. The number of methoxy groups -OCH3 is 1. The third-order valence-electron chi connectivity index (χ3n) is 4.01. The van der Waals surface area contributed by atoms with E-state index in [4.69, 9.17) is 4.74 Å². The number of nitrogens with one attached hydrogen (secondary N) is 2. The highest BCUT2D eigenvalue weighted by atomic mass is 19.1. The maximum absolute atomic E-state index is 13.1. The van der Waals surface area contributed by atoms with Gasteiger partial charge in [0.05, 0.1) is 17.3 Å². The summed E-state index contributed by atoms with van der Waals surface area (Å²) in [6.07, 6.45) is -0.371. The molecule has 2 rings (SSSR count). The van der Waals surface area contributed by atoms with Crippen LogP contribution in [0.3, 0.4) is 0 Å². The van der Waals surface area contributed by atoms with Crippen molar-refractivity contribution >= 4 is 5.91 Å². The molecular weight excluding hydrogens is 309 g/mol. The summed E-state index contributed by atoms with van der Waals surface area (Å²) in [7, 11) is 1.57. The Morgan fingerprint density at radius 2 is 1.88 bits per heavy atom. The summed E-state index contributed by atoms with van der Waals surface area (Å²) in [5, 5.41) is 10.1. The maximum atomic E-state index is 13.1. The van der Waals surface area contributed by atoms with Gasteiger partial charge in [-0.2, -0.15) is 5.10 Å². The van der Waals surface area contributed by atoms with Gasteiger partial charge >= 0.3 is 0 Å². The topological polar surface area (TPSA) is 67.0 Å². The second-order valence-corrected chi connectivity index (χ2v) is 6.23. The summed E-state index contributed by atoms with van der Waals surface area (Å²) >= 11 is 0. The first-order chi connectivity index (χ1) is 11.3. The smallest absolute Gasteiger partial charge is 0.255 e. The zero-order chi connectivity index (χ0) is 17.9. The van der Waals surface area contributed by atoms with Crippen molar-refractivity contribution in [2.75, 3.05) is 7.11 Å². The van der Waals surface area contributed by atoms with Gasteiger partial charge in [0, 0.05) is 12.8 Å². The molecule has 1 amide bonds. The van der Waals surface area contributed by atoms with Crippen molar-refractivity contribution in [1.82, 2.24) is 15.5 Å². The van der Waals surface area contributed by atoms with Crippen molar-refractivity contribution in [3.05, 3.63) is 52.6 Å². The first kappa shape index (κ1) is 18.1. The lowest BCUT2D eigenvalue weighted by molar-refractivity contribution is 0.0643. The number of benzene rings is 1. The minimum absolute atomic E-state index is 0.140. The molecule has 0 spiro atoms. The van der Waals surface area contributed by atoms with E-state index < -0.39 is 0 Å². The summed E-state index contributed by atoms with van der Waals surface area (Å²) in [5.74, 6) is -0.358. The Morgan fingerprint density at radius 1 is 1.25 bits per heavy atom. The van der Waals surface area contributed by atoms with Crippen molar-refractivity contribution in [3.8, 4) is 0 Å². The quantitative estimate of drug-likeness (QED) is 0.850. The largest absolute Gasteiger partial charge is 0.375 e. The van der Waals surface area contributed by atoms with Crippen LogP contribution in [0.5, 0.6) is 0 Å². The maximum Gasteiger partial charge on any atom is 0.255 e. The molecule has 0 aliphatic carbocycles. The van der Waals surface area contributed by atoms with Crippen LogP contribution in [0.25, 0.3) is 0 Å². The van der Waals surface area contributed by atoms with E-state index in [9.17, 15) is 9.18 Å². The van der Waals surface area contributed by atoms with E-state index in [1.807, 2.05) is 27.7 Å². The second kappa shape index (κ2) is 7.57. The fourth-order valence-corrected chi connectivity index (χ4v) is 2.79. The number of carbonyl (C=O) groups excluding carboxylic acids is 1. The van der Waals surface area contributed by atoms with Crippen molar-refractivity contribution in [1.29, 1.82) is 0 Å². The fraction of sp³-hybridized carbons (Fsp3) is 0.444. The van der Waals surface area contributed by atoms with Crippen molar-refractivity contribution in [2.24, 2.45) is 0 Å². The van der Waals surface area contributed by atoms with E-state index in [-0.39, 0.29) is 29.8 Å². The summed E-state index contributed by atoms with van der Waals surface area (Å²) in [6.45, 7) is 7.67. The highest BCUT2D eigenvalue weighted by molar-refractivity contribution is 5.96. The Morgan fingerprint density at radius 3 is 2.42 bits per heavy atom. The zero-order valence-corrected chi connectivity index (χ0v) is 14.7. The van der Waals surface area contributed by atoms with E-state index in [2.05, 4.69) is 15.5 Å². The van der Waals surface area contributed by atoms with Crippen LogP contribution in [0.4, 0.5) is 4.39 Å². The molecule has 0 radical (unpaired) electrons. The first-order valence-electron chi connectivity index (χ1n) is 7.99. The van der Waals surface area contributed by atoms with Gasteiger partial charge in [-0.3, -0.25) is 9.89 Å². The molecule has 2 N–H and O–H groups in total. The number of aromatic nitrogens is 2. The summed E-state index contributed by atoms with van der Waals surface area (Å²) in [6, 6.07) is 5.80. The van der Waals surface area contributed by atoms with Crippen LogP contribution >= 0.6 is 0 Å². The average Bonchev–Trinajstić information content (AvgIpc) is 2.92. The number of hydrogen-bond acceptors (Lipinski definition) is 3. The number of aryl methyl sites for hydroxylation is 1. The summed E-state index contributed by atoms with van der Waals surface area (Å²) in [5.41, 5.74) is 2.86. The molecule has 1 aromatic heterocycles. The van der Waals surface area contributed by atoms with E-state index in [0.717, 1.165) is 17.0 Å². The third kappa shape index (κ3) is 3.82. The SMILES string of the molecule is CO[C@@H](c1ccc(F)cc1)[C@@H](C)NC(=O)c1c(C(C)C)n[nH]c1C. The Labute approximate surface area is 141 Å². The summed E-state index contributed by atoms with van der Waals surface area (Å²) < 4.78 is 18.6. The van der Waals surface area contributed by atoms with Gasteiger partial charge in [-0.15, -0.1) is 0 Å². The number of aromatic amines is 1. The predicted molar refractivity (Wildman–Crippen MR) is 90.5 cm³/mol. The molecular formula is C18H24FN3O2. The molecule has 0 fully saturated rings. The molecule has 0 unspecified atom stereocenters. The van der Waals surface area contributed by atoms with Gasteiger partial charge in [-0.05, 0) is 37.5 Å². The number of amides is 1. The van der Waals surface area contributed by atoms with Gasteiger partial charge < -0.3 is 10.1 Å². The molecule has 24 heavy (non-hydrogen) atoms. The average molecular weight is 333 g/mol. The number of hydrogen-bond donors (Lipinski definition) is 2. The Hall–Kier alpha value is -2.21. The monoisotopic (exact) mass is 333 g/mol. The lowest BCUT2D eigenvalue weighted by atomic mass is 10.0. The number of ether oxygens (including phenoxy) is 1. The van der Waals surface area contributed by atoms with Crippen LogP contribution in [0.1, 0.15) is 60.1 Å². The van der Waals surface area contributed by atoms with E-state index in [1.165, 1.54) is 12.1 Å². The highest BCUT2D eigenvalue weighted by Gasteiger charge is 2.25. The van der Waals surface area contributed by atoms with Crippen LogP contribution in [0, 0.1) is 12.7 Å². The first-order valence-corrected chi connectivity index (χ1v) is 7.99. The molecule has 2 atom stereocenters. The van der Waals surface area contributed by atoms with E-state index in [0.29, 0.717) is 5.56 Å². The van der Waals surface area contributed by atoms with Gasteiger partial charge in [0.1, 0.15) is 11.9 Å². The lowest BCUT2D eigenvalue weighted by Crippen LogP contribution is -2.38. The minimum atomic E-state index is -0.371. The number of carbonyl (C=O) groups is 1. The molecule has 6 heteroatoms. The van der Waals surface area contributed by atoms with Crippen molar-refractivity contribution < 1.29 is 13.9 Å². The van der Waals surface area contributed by atoms with Crippen LogP contribution in [0.2, 0.25) is 0 Å². The molecule has 130 valence electrons. The number of halogens is 1. The summed E-state index contributed by atoms with van der Waals surface area (Å²) in [4.78, 5) is 12.7. The molecule has 0 aliphatic rings. The van der Waals surface area contributed by atoms with Crippen LogP contribution in [-0.4, -0.2) is 29.3 Å². The third-order valence-corrected chi connectivity index (χ3v) is 4.01. The van der Waals surface area contributed by atoms with Crippen LogP contribution < -0.4 is 5.32 Å². The van der Waals surface area contributed by atoms with Crippen LogP contribution in [0.15, 0.2) is 24.3 Å². The lowest BCUT2D eigenvalue weighted by Gasteiger charge is -2.24. The van der Waals surface area contributed by atoms with E-state index >= 15 is 0 Å². The standard InChI is InChI=1S/C18H24FN3O2/c1-10(2)16-15(11(3)21-22-16)18(23)20-12(4)17(24-5)13-6-8-14(19)9-7-13/h6-10,12,17H,1-5H3,(H,20,23)(H,21,22)/t12-,17-/m1/s1. The Bertz CT molecular complexity index is 695. The van der Waals surface area contributed by atoms with Gasteiger partial charge in [0.15, 0.2) is 0 Å². The number of rotatable bonds is 6. The predicted octanol–water partition coefficient (Wildman–Crippen LogP) is 3.49. The van der Waals surface area contributed by atoms with Crippen LogP contribution in [-0.2, 0) is 4.74 Å². The molecule has 0 saturated heterocycles. The molecule has 0 bridgehead atoms. The zero-order valence-electron chi connectivity index (χ0n) is 14.7. The fourth-order valence-electron chi connectivity index (χ4n) is 2.79. The normalized spacial score (nSPS) is 13.8. The minimum Gasteiger partial charge on any atom is -0.375 e. The molecule has 0 aliphatic heterocycles. The molecule has 2 aromatic rings. The molecule has 1 aromatic carbocycles.